The Morgan fingerprint density at radius 1 is 0.913 bits per heavy atom. The number of nitrogens with one attached hydrogen (secondary N) is 1. The zero-order valence-corrected chi connectivity index (χ0v) is 12.9. The number of hydrogen-bond acceptors (Lipinski definition) is 2. The van der Waals surface area contributed by atoms with Crippen molar-refractivity contribution in [2.45, 2.75) is 12.8 Å². The van der Waals surface area contributed by atoms with Crippen LogP contribution in [0.1, 0.15) is 22.7 Å². The molecule has 0 unspecified atom stereocenters. The second-order valence-corrected chi connectivity index (χ2v) is 5.45. The fourth-order valence-electron chi connectivity index (χ4n) is 2.50. The van der Waals surface area contributed by atoms with E-state index in [2.05, 4.69) is 10.3 Å². The molecule has 3 aromatic rings. The summed E-state index contributed by atoms with van der Waals surface area (Å²) in [6.07, 6.45) is 1.71. The number of hydrogen-bond donors (Lipinski definition) is 1. The van der Waals surface area contributed by atoms with Crippen LogP contribution in [-0.2, 0) is 4.79 Å². The third kappa shape index (κ3) is 3.64. The molecule has 0 aliphatic rings. The fourth-order valence-corrected chi connectivity index (χ4v) is 2.50. The van der Waals surface area contributed by atoms with Gasteiger partial charge in [-0.05, 0) is 36.8 Å². The number of amides is 1. The molecule has 1 N–H and O–H groups in total. The average Bonchev–Trinajstić information content (AvgIpc) is 2.59. The molecule has 1 heterocycles. The molecule has 1 amide bonds. The minimum Gasteiger partial charge on any atom is -0.325 e. The smallest absolute Gasteiger partial charge is 0.237 e. The molecular formula is C20H18N2O. The van der Waals surface area contributed by atoms with Gasteiger partial charge in [0.05, 0.1) is 5.69 Å². The van der Waals surface area contributed by atoms with E-state index in [1.54, 1.807) is 6.20 Å². The first-order valence-corrected chi connectivity index (χ1v) is 7.57. The maximum atomic E-state index is 12.8. The summed E-state index contributed by atoms with van der Waals surface area (Å²) in [6.45, 7) is 2.02. The van der Waals surface area contributed by atoms with E-state index in [0.717, 1.165) is 22.5 Å². The van der Waals surface area contributed by atoms with E-state index in [4.69, 9.17) is 0 Å². The van der Waals surface area contributed by atoms with Crippen molar-refractivity contribution in [1.82, 2.24) is 4.98 Å². The molecule has 114 valence electrons. The Balaban J connectivity index is 1.92. The van der Waals surface area contributed by atoms with Crippen LogP contribution in [0, 0.1) is 6.92 Å². The minimum absolute atomic E-state index is 0.0845. The molecule has 0 spiro atoms. The lowest BCUT2D eigenvalue weighted by molar-refractivity contribution is -0.116. The van der Waals surface area contributed by atoms with Crippen molar-refractivity contribution in [3.63, 3.8) is 0 Å². The molecular weight excluding hydrogens is 284 g/mol. The monoisotopic (exact) mass is 302 g/mol. The number of benzene rings is 2. The number of carbonyl (C=O) groups is 1. The van der Waals surface area contributed by atoms with Gasteiger partial charge in [0.1, 0.15) is 5.92 Å². The molecule has 0 aliphatic carbocycles. The topological polar surface area (TPSA) is 42.0 Å². The van der Waals surface area contributed by atoms with Gasteiger partial charge in [0.2, 0.25) is 5.91 Å². The highest BCUT2D eigenvalue weighted by Crippen LogP contribution is 2.24. The molecule has 0 saturated heterocycles. The van der Waals surface area contributed by atoms with Crippen LogP contribution >= 0.6 is 0 Å². The average molecular weight is 302 g/mol. The predicted octanol–water partition coefficient (Wildman–Crippen LogP) is 4.16. The summed E-state index contributed by atoms with van der Waals surface area (Å²) in [5.41, 5.74) is 3.61. The summed E-state index contributed by atoms with van der Waals surface area (Å²) < 4.78 is 0. The summed E-state index contributed by atoms with van der Waals surface area (Å²) in [6, 6.07) is 23.1. The van der Waals surface area contributed by atoms with Crippen LogP contribution in [0.4, 0.5) is 5.69 Å². The summed E-state index contributed by atoms with van der Waals surface area (Å²) in [7, 11) is 0. The Morgan fingerprint density at radius 2 is 1.61 bits per heavy atom. The van der Waals surface area contributed by atoms with Gasteiger partial charge < -0.3 is 5.32 Å². The Kier molecular flexibility index (Phi) is 4.48. The molecule has 2 aromatic carbocycles. The van der Waals surface area contributed by atoms with E-state index in [0.29, 0.717) is 0 Å². The lowest BCUT2D eigenvalue weighted by Crippen LogP contribution is -2.23. The second kappa shape index (κ2) is 6.88. The quantitative estimate of drug-likeness (QED) is 0.786. The molecule has 0 fully saturated rings. The van der Waals surface area contributed by atoms with Crippen LogP contribution in [0.3, 0.4) is 0 Å². The largest absolute Gasteiger partial charge is 0.325 e. The van der Waals surface area contributed by atoms with Crippen LogP contribution in [0.2, 0.25) is 0 Å². The molecule has 0 radical (unpaired) electrons. The van der Waals surface area contributed by atoms with Crippen LogP contribution in [0.25, 0.3) is 0 Å². The van der Waals surface area contributed by atoms with Crippen LogP contribution in [-0.4, -0.2) is 10.9 Å². The predicted molar refractivity (Wildman–Crippen MR) is 92.3 cm³/mol. The molecule has 3 heteroatoms. The van der Waals surface area contributed by atoms with Crippen LogP contribution in [0.15, 0.2) is 79.0 Å². The van der Waals surface area contributed by atoms with Crippen molar-refractivity contribution in [1.29, 1.82) is 0 Å². The first-order valence-electron chi connectivity index (χ1n) is 7.57. The molecule has 1 atom stereocenters. The van der Waals surface area contributed by atoms with Crippen molar-refractivity contribution in [3.05, 3.63) is 95.8 Å². The summed E-state index contributed by atoms with van der Waals surface area (Å²) in [5, 5.41) is 2.99. The van der Waals surface area contributed by atoms with Gasteiger partial charge in [0.15, 0.2) is 0 Å². The number of nitrogens with zero attached hydrogens (tertiary/aromatic N) is 1. The minimum atomic E-state index is -0.432. The second-order valence-electron chi connectivity index (χ2n) is 5.45. The van der Waals surface area contributed by atoms with Gasteiger partial charge in [-0.3, -0.25) is 9.78 Å². The maximum Gasteiger partial charge on any atom is 0.237 e. The van der Waals surface area contributed by atoms with E-state index in [1.807, 2.05) is 79.7 Å². The zero-order chi connectivity index (χ0) is 16.1. The van der Waals surface area contributed by atoms with Crippen LogP contribution in [0.5, 0.6) is 0 Å². The number of rotatable bonds is 4. The Bertz CT molecular complexity index is 728. The highest BCUT2D eigenvalue weighted by molar-refractivity contribution is 5.97. The first-order chi connectivity index (χ1) is 11.2. The zero-order valence-electron chi connectivity index (χ0n) is 12.9. The lowest BCUT2D eigenvalue weighted by Gasteiger charge is -2.17. The molecule has 3 nitrogen and oxygen atoms in total. The van der Waals surface area contributed by atoms with E-state index in [-0.39, 0.29) is 5.91 Å². The molecule has 0 saturated carbocycles. The Hall–Kier alpha value is -2.94. The van der Waals surface area contributed by atoms with E-state index >= 15 is 0 Å². The highest BCUT2D eigenvalue weighted by Gasteiger charge is 2.23. The van der Waals surface area contributed by atoms with Gasteiger partial charge in [-0.25, -0.2) is 0 Å². The van der Waals surface area contributed by atoms with Crippen molar-refractivity contribution >= 4 is 11.6 Å². The van der Waals surface area contributed by atoms with Crippen molar-refractivity contribution in [2.75, 3.05) is 5.32 Å². The van der Waals surface area contributed by atoms with Gasteiger partial charge in [-0.15, -0.1) is 0 Å². The summed E-state index contributed by atoms with van der Waals surface area (Å²) in [4.78, 5) is 17.2. The summed E-state index contributed by atoms with van der Waals surface area (Å²) in [5.74, 6) is -0.516. The molecule has 1 aromatic heterocycles. The SMILES string of the molecule is Cc1ccc(NC(=O)[C@@H](c2ccccc2)c2ccccn2)cc1. The number of anilines is 1. The normalized spacial score (nSPS) is 11.7. The number of pyridine rings is 1. The van der Waals surface area contributed by atoms with Crippen molar-refractivity contribution < 1.29 is 4.79 Å². The van der Waals surface area contributed by atoms with Gasteiger partial charge in [0.25, 0.3) is 0 Å². The Morgan fingerprint density at radius 3 is 2.26 bits per heavy atom. The highest BCUT2D eigenvalue weighted by atomic mass is 16.1. The van der Waals surface area contributed by atoms with Gasteiger partial charge in [-0.1, -0.05) is 54.1 Å². The molecule has 3 rings (SSSR count). The van der Waals surface area contributed by atoms with Gasteiger partial charge in [-0.2, -0.15) is 0 Å². The summed E-state index contributed by atoms with van der Waals surface area (Å²) >= 11 is 0. The molecule has 0 aliphatic heterocycles. The van der Waals surface area contributed by atoms with Crippen molar-refractivity contribution in [3.8, 4) is 0 Å². The third-order valence-corrected chi connectivity index (χ3v) is 3.70. The van der Waals surface area contributed by atoms with E-state index < -0.39 is 5.92 Å². The lowest BCUT2D eigenvalue weighted by atomic mass is 9.94. The standard InChI is InChI=1S/C20H18N2O/c1-15-10-12-17(13-11-15)22-20(23)19(16-7-3-2-4-8-16)18-9-5-6-14-21-18/h2-14,19H,1H3,(H,22,23)/t19-/m0/s1. The van der Waals surface area contributed by atoms with Crippen LogP contribution < -0.4 is 5.32 Å². The van der Waals surface area contributed by atoms with E-state index in [9.17, 15) is 4.79 Å². The van der Waals surface area contributed by atoms with Gasteiger partial charge >= 0.3 is 0 Å². The van der Waals surface area contributed by atoms with Gasteiger partial charge in [0, 0.05) is 11.9 Å². The fraction of sp³-hybridized carbons (Fsp3) is 0.100. The van der Waals surface area contributed by atoms with Crippen molar-refractivity contribution in [2.24, 2.45) is 0 Å². The number of aromatic nitrogens is 1. The molecule has 23 heavy (non-hydrogen) atoms. The maximum absolute atomic E-state index is 12.8. The third-order valence-electron chi connectivity index (χ3n) is 3.70. The van der Waals surface area contributed by atoms with E-state index in [1.165, 1.54) is 0 Å². The Labute approximate surface area is 136 Å². The number of carbonyl (C=O) groups excluding carboxylic acids is 1. The first kappa shape index (κ1) is 15.0. The molecule has 0 bridgehead atoms. The number of aryl methyl sites for hydroxylation is 1.